The molecule has 1 aliphatic heterocycles. The minimum atomic E-state index is -0.377. The fourth-order valence-corrected chi connectivity index (χ4v) is 5.11. The number of H-pyrrole nitrogens is 2. The van der Waals surface area contributed by atoms with Crippen molar-refractivity contribution < 1.29 is 19.0 Å². The lowest BCUT2D eigenvalue weighted by molar-refractivity contribution is 0.0751. The molecule has 1 aliphatic rings. The molecule has 0 saturated carbocycles. The Kier molecular flexibility index (Phi) is 6.77. The van der Waals surface area contributed by atoms with E-state index in [9.17, 15) is 9.59 Å². The number of ether oxygens (including phenoxy) is 3. The molecular formula is C31H29N3O5. The average Bonchev–Trinajstić information content (AvgIpc) is 3.59. The Morgan fingerprint density at radius 1 is 0.923 bits per heavy atom. The minimum Gasteiger partial charge on any atom is -0.491 e. The van der Waals surface area contributed by atoms with Crippen molar-refractivity contribution in [1.29, 1.82) is 0 Å². The first-order valence-electron chi connectivity index (χ1n) is 13.0. The van der Waals surface area contributed by atoms with Gasteiger partial charge < -0.3 is 24.2 Å². The lowest BCUT2D eigenvalue weighted by Crippen LogP contribution is -2.39. The van der Waals surface area contributed by atoms with Crippen molar-refractivity contribution in [2.75, 3.05) is 20.3 Å². The van der Waals surface area contributed by atoms with E-state index in [1.807, 2.05) is 84.9 Å². The van der Waals surface area contributed by atoms with Gasteiger partial charge in [0.2, 0.25) is 0 Å². The number of hydrogen-bond acceptors (Lipinski definition) is 5. The summed E-state index contributed by atoms with van der Waals surface area (Å²) in [7, 11) is 1.65. The summed E-state index contributed by atoms with van der Waals surface area (Å²) < 4.78 is 17.3. The number of nitrogens with zero attached hydrogens (tertiary/aromatic N) is 1. The number of carbonyl (C=O) groups is 1. The fourth-order valence-electron chi connectivity index (χ4n) is 5.11. The topological polar surface area (TPSA) is 96.6 Å². The zero-order valence-electron chi connectivity index (χ0n) is 21.6. The minimum absolute atomic E-state index is 0.0716. The molecule has 5 aromatic rings. The number of methoxy groups -OCH3 is 1. The number of likely N-dealkylation sites (tertiary alicyclic amines) is 1. The molecule has 198 valence electrons. The molecule has 0 spiro atoms. The number of rotatable bonds is 7. The Hall–Kier alpha value is -4.56. The molecule has 0 aliphatic carbocycles. The van der Waals surface area contributed by atoms with E-state index in [0.717, 1.165) is 33.1 Å². The van der Waals surface area contributed by atoms with E-state index in [0.29, 0.717) is 30.9 Å². The zero-order valence-corrected chi connectivity index (χ0v) is 21.6. The number of hydrogen-bond donors (Lipinski definition) is 2. The van der Waals surface area contributed by atoms with Crippen molar-refractivity contribution in [2.24, 2.45) is 0 Å². The molecule has 39 heavy (non-hydrogen) atoms. The summed E-state index contributed by atoms with van der Waals surface area (Å²) in [4.78, 5) is 33.6. The van der Waals surface area contributed by atoms with Crippen LogP contribution in [0, 0.1) is 0 Å². The molecule has 0 radical (unpaired) electrons. The molecule has 1 amide bonds. The summed E-state index contributed by atoms with van der Waals surface area (Å²) in [5, 5.41) is 1.89. The average molecular weight is 524 g/mol. The second kappa shape index (κ2) is 10.7. The van der Waals surface area contributed by atoms with Gasteiger partial charge in [0.1, 0.15) is 19.0 Å². The lowest BCUT2D eigenvalue weighted by Gasteiger charge is -2.24. The smallest absolute Gasteiger partial charge is 0.410 e. The van der Waals surface area contributed by atoms with E-state index in [-0.39, 0.29) is 30.4 Å². The molecule has 3 heterocycles. The molecule has 2 N–H and O–H groups in total. The maximum absolute atomic E-state index is 12.9. The highest BCUT2D eigenvalue weighted by Gasteiger charge is 2.37. The van der Waals surface area contributed by atoms with Crippen molar-refractivity contribution in [1.82, 2.24) is 14.9 Å². The Morgan fingerprint density at radius 2 is 1.72 bits per heavy atom. The molecule has 8 heteroatoms. The van der Waals surface area contributed by atoms with E-state index >= 15 is 0 Å². The number of nitrogens with one attached hydrogen (secondary N) is 2. The summed E-state index contributed by atoms with van der Waals surface area (Å²) >= 11 is 0. The zero-order chi connectivity index (χ0) is 26.8. The summed E-state index contributed by atoms with van der Waals surface area (Å²) in [6.07, 6.45) is 0.217. The number of aromatic amines is 2. The highest BCUT2D eigenvalue weighted by atomic mass is 16.6. The molecule has 3 aromatic carbocycles. The Bertz CT molecular complexity index is 1680. The summed E-state index contributed by atoms with van der Waals surface area (Å²) in [5.41, 5.74) is 3.81. The first kappa shape index (κ1) is 24.8. The number of pyridine rings is 1. The molecule has 1 saturated heterocycles. The van der Waals surface area contributed by atoms with Crippen LogP contribution >= 0.6 is 0 Å². The standard InChI is InChI=1S/C31H29N3O5/c1-37-25-16-23(34(17-25)31(36)39-18-20-7-3-2-4-8-20)19-38-24-11-12-28-22(13-24)15-29(32-28)26-14-21-9-5-6-10-27(21)33-30(26)35/h2-15,23,25,32H,16-19H2,1H3,(H,33,35)/t23-,25+/m0/s1. The van der Waals surface area contributed by atoms with Crippen molar-refractivity contribution in [2.45, 2.75) is 25.2 Å². The number of aromatic nitrogens is 2. The monoisotopic (exact) mass is 523 g/mol. The molecular weight excluding hydrogens is 494 g/mol. The number of carbonyl (C=O) groups excluding carboxylic acids is 1. The number of fused-ring (bicyclic) bond motifs is 2. The van der Waals surface area contributed by atoms with Gasteiger partial charge >= 0.3 is 6.09 Å². The van der Waals surface area contributed by atoms with Crippen LogP contribution in [0.4, 0.5) is 4.79 Å². The highest BCUT2D eigenvalue weighted by Crippen LogP contribution is 2.28. The molecule has 0 unspecified atom stereocenters. The first-order valence-corrected chi connectivity index (χ1v) is 13.0. The highest BCUT2D eigenvalue weighted by molar-refractivity contribution is 5.89. The second-order valence-corrected chi connectivity index (χ2v) is 9.78. The Labute approximate surface area is 225 Å². The van der Waals surface area contributed by atoms with Crippen molar-refractivity contribution in [3.63, 3.8) is 0 Å². The van der Waals surface area contributed by atoms with Gasteiger partial charge in [0.15, 0.2) is 0 Å². The molecule has 2 atom stereocenters. The molecule has 0 bridgehead atoms. The van der Waals surface area contributed by atoms with Gasteiger partial charge in [0.05, 0.1) is 29.9 Å². The third-order valence-electron chi connectivity index (χ3n) is 7.23. The normalized spacial score (nSPS) is 17.1. The van der Waals surface area contributed by atoms with Gasteiger partial charge in [0, 0.05) is 23.5 Å². The van der Waals surface area contributed by atoms with Gasteiger partial charge in [-0.25, -0.2) is 4.79 Å². The fraction of sp³-hybridized carbons (Fsp3) is 0.226. The summed E-state index contributed by atoms with van der Waals surface area (Å²) in [6, 6.07) is 26.7. The quantitative estimate of drug-likeness (QED) is 0.294. The second-order valence-electron chi connectivity index (χ2n) is 9.78. The third-order valence-corrected chi connectivity index (χ3v) is 7.23. The SMILES string of the molecule is CO[C@@H]1C[C@@H](COc2ccc3[nH]c(-c4cc5ccccc5[nH]c4=O)cc3c2)N(C(=O)OCc2ccccc2)C1. The van der Waals surface area contributed by atoms with Crippen LogP contribution in [-0.4, -0.2) is 53.4 Å². The van der Waals surface area contributed by atoms with Crippen LogP contribution in [0.25, 0.3) is 33.1 Å². The molecule has 8 nitrogen and oxygen atoms in total. The van der Waals surface area contributed by atoms with Crippen LogP contribution in [0.3, 0.4) is 0 Å². The van der Waals surface area contributed by atoms with Crippen LogP contribution in [0.1, 0.15) is 12.0 Å². The maximum atomic E-state index is 12.9. The predicted molar refractivity (Wildman–Crippen MR) is 150 cm³/mol. The molecule has 2 aromatic heterocycles. The summed E-state index contributed by atoms with van der Waals surface area (Å²) in [6.45, 7) is 0.986. The van der Waals surface area contributed by atoms with Gasteiger partial charge in [-0.15, -0.1) is 0 Å². The number of amides is 1. The lowest BCUT2D eigenvalue weighted by atomic mass is 10.1. The van der Waals surface area contributed by atoms with Gasteiger partial charge in [-0.1, -0.05) is 48.5 Å². The number of benzene rings is 3. The van der Waals surface area contributed by atoms with Gasteiger partial charge in [0.25, 0.3) is 5.56 Å². The van der Waals surface area contributed by atoms with Crippen LogP contribution in [0.15, 0.2) is 89.7 Å². The van der Waals surface area contributed by atoms with Crippen LogP contribution in [-0.2, 0) is 16.1 Å². The van der Waals surface area contributed by atoms with Gasteiger partial charge in [-0.05, 0) is 53.8 Å². The van der Waals surface area contributed by atoms with E-state index in [1.165, 1.54) is 0 Å². The van der Waals surface area contributed by atoms with Crippen molar-refractivity contribution in [3.05, 3.63) is 101 Å². The molecule has 1 fully saturated rings. The van der Waals surface area contributed by atoms with Crippen molar-refractivity contribution in [3.8, 4) is 17.0 Å². The number of para-hydroxylation sites is 1. The predicted octanol–water partition coefficient (Wildman–Crippen LogP) is 5.48. The Balaban J connectivity index is 1.16. The van der Waals surface area contributed by atoms with Crippen LogP contribution in [0.2, 0.25) is 0 Å². The van der Waals surface area contributed by atoms with Crippen LogP contribution in [0.5, 0.6) is 5.75 Å². The maximum Gasteiger partial charge on any atom is 0.410 e. The Morgan fingerprint density at radius 3 is 2.56 bits per heavy atom. The van der Waals surface area contributed by atoms with E-state index < -0.39 is 0 Å². The van der Waals surface area contributed by atoms with E-state index in [2.05, 4.69) is 9.97 Å². The first-order chi connectivity index (χ1) is 19.1. The van der Waals surface area contributed by atoms with Crippen molar-refractivity contribution >= 4 is 27.9 Å². The van der Waals surface area contributed by atoms with Gasteiger partial charge in [-0.3, -0.25) is 9.69 Å². The third kappa shape index (κ3) is 5.24. The van der Waals surface area contributed by atoms with Gasteiger partial charge in [-0.2, -0.15) is 0 Å². The van der Waals surface area contributed by atoms with E-state index in [1.54, 1.807) is 12.0 Å². The largest absolute Gasteiger partial charge is 0.491 e. The summed E-state index contributed by atoms with van der Waals surface area (Å²) in [5.74, 6) is 0.680. The van der Waals surface area contributed by atoms with E-state index in [4.69, 9.17) is 14.2 Å². The molecule has 6 rings (SSSR count). The van der Waals surface area contributed by atoms with Crippen LogP contribution < -0.4 is 10.3 Å².